The molecule has 0 aliphatic carbocycles. The minimum atomic E-state index is -0.275. The van der Waals surface area contributed by atoms with Gasteiger partial charge in [0.2, 0.25) is 0 Å². The predicted molar refractivity (Wildman–Crippen MR) is 66.8 cm³/mol. The van der Waals surface area contributed by atoms with Crippen molar-refractivity contribution in [1.29, 1.82) is 0 Å². The Balaban J connectivity index is 2.19. The molecule has 2 aromatic rings. The standard InChI is InChI=1S/C12H11BrFN3/c13-12-8(2-1-3-10(12)14)6-11(15)9-4-5-16-17-7-9/h1-5,7,11H,6,15H2. The van der Waals surface area contributed by atoms with E-state index in [4.69, 9.17) is 5.73 Å². The summed E-state index contributed by atoms with van der Waals surface area (Å²) in [5.74, 6) is -0.275. The van der Waals surface area contributed by atoms with Crippen LogP contribution < -0.4 is 5.73 Å². The Morgan fingerprint density at radius 2 is 2.12 bits per heavy atom. The second kappa shape index (κ2) is 5.33. The van der Waals surface area contributed by atoms with E-state index in [1.54, 1.807) is 18.5 Å². The van der Waals surface area contributed by atoms with Gasteiger partial charge < -0.3 is 5.73 Å². The molecule has 1 aromatic carbocycles. The minimum absolute atomic E-state index is 0.219. The molecule has 0 saturated carbocycles. The summed E-state index contributed by atoms with van der Waals surface area (Å²) in [6.45, 7) is 0. The Morgan fingerprint density at radius 1 is 1.29 bits per heavy atom. The number of nitrogens with zero attached hydrogens (tertiary/aromatic N) is 2. The molecule has 88 valence electrons. The number of halogens is 2. The highest BCUT2D eigenvalue weighted by atomic mass is 79.9. The lowest BCUT2D eigenvalue weighted by Crippen LogP contribution is -2.14. The average molecular weight is 296 g/mol. The van der Waals surface area contributed by atoms with Crippen molar-refractivity contribution in [2.75, 3.05) is 0 Å². The lowest BCUT2D eigenvalue weighted by Gasteiger charge is -2.12. The van der Waals surface area contributed by atoms with E-state index in [0.29, 0.717) is 10.9 Å². The quantitative estimate of drug-likeness (QED) is 0.947. The number of nitrogens with two attached hydrogens (primary N) is 1. The van der Waals surface area contributed by atoms with Gasteiger partial charge in [-0.05, 0) is 45.6 Å². The van der Waals surface area contributed by atoms with Crippen LogP contribution in [0.15, 0.2) is 41.1 Å². The van der Waals surface area contributed by atoms with Gasteiger partial charge in [-0.2, -0.15) is 10.2 Å². The van der Waals surface area contributed by atoms with Crippen LogP contribution in [0.1, 0.15) is 17.2 Å². The molecule has 0 spiro atoms. The maximum absolute atomic E-state index is 13.3. The fourth-order valence-corrected chi connectivity index (χ4v) is 2.01. The fourth-order valence-electron chi connectivity index (χ4n) is 1.58. The van der Waals surface area contributed by atoms with Gasteiger partial charge in [0.15, 0.2) is 0 Å². The molecule has 5 heteroatoms. The summed E-state index contributed by atoms with van der Waals surface area (Å²) in [6.07, 6.45) is 3.76. The lowest BCUT2D eigenvalue weighted by atomic mass is 10.0. The molecule has 2 rings (SSSR count). The number of hydrogen-bond donors (Lipinski definition) is 1. The van der Waals surface area contributed by atoms with Crippen LogP contribution in [0.25, 0.3) is 0 Å². The van der Waals surface area contributed by atoms with E-state index >= 15 is 0 Å². The van der Waals surface area contributed by atoms with E-state index in [1.807, 2.05) is 12.1 Å². The van der Waals surface area contributed by atoms with E-state index in [1.165, 1.54) is 6.07 Å². The van der Waals surface area contributed by atoms with Crippen LogP contribution in [-0.4, -0.2) is 10.2 Å². The highest BCUT2D eigenvalue weighted by molar-refractivity contribution is 9.10. The van der Waals surface area contributed by atoms with Crippen LogP contribution in [-0.2, 0) is 6.42 Å². The van der Waals surface area contributed by atoms with Crippen molar-refractivity contribution < 1.29 is 4.39 Å². The van der Waals surface area contributed by atoms with Gasteiger partial charge >= 0.3 is 0 Å². The molecule has 1 aromatic heterocycles. The average Bonchev–Trinajstić information content (AvgIpc) is 2.36. The maximum Gasteiger partial charge on any atom is 0.137 e. The van der Waals surface area contributed by atoms with Crippen molar-refractivity contribution in [2.45, 2.75) is 12.5 Å². The molecular weight excluding hydrogens is 285 g/mol. The van der Waals surface area contributed by atoms with Gasteiger partial charge in [-0.1, -0.05) is 12.1 Å². The van der Waals surface area contributed by atoms with E-state index in [9.17, 15) is 4.39 Å². The van der Waals surface area contributed by atoms with E-state index in [0.717, 1.165) is 11.1 Å². The fraction of sp³-hybridized carbons (Fsp3) is 0.167. The molecule has 0 radical (unpaired) electrons. The molecule has 0 bridgehead atoms. The predicted octanol–water partition coefficient (Wildman–Crippen LogP) is 2.62. The summed E-state index contributed by atoms with van der Waals surface area (Å²) < 4.78 is 13.8. The molecule has 0 aliphatic rings. The van der Waals surface area contributed by atoms with Crippen molar-refractivity contribution in [1.82, 2.24) is 10.2 Å². The summed E-state index contributed by atoms with van der Waals surface area (Å²) in [4.78, 5) is 0. The topological polar surface area (TPSA) is 51.8 Å². The molecule has 0 aliphatic heterocycles. The molecule has 1 unspecified atom stereocenters. The van der Waals surface area contributed by atoms with Crippen LogP contribution in [0.3, 0.4) is 0 Å². The molecule has 1 heterocycles. The van der Waals surface area contributed by atoms with E-state index in [2.05, 4.69) is 26.1 Å². The molecule has 3 nitrogen and oxygen atoms in total. The first-order chi connectivity index (χ1) is 8.18. The molecule has 0 saturated heterocycles. The number of benzene rings is 1. The summed E-state index contributed by atoms with van der Waals surface area (Å²) in [5, 5.41) is 7.46. The number of aromatic nitrogens is 2. The largest absolute Gasteiger partial charge is 0.324 e. The zero-order valence-electron chi connectivity index (χ0n) is 8.98. The van der Waals surface area contributed by atoms with Crippen LogP contribution in [0.5, 0.6) is 0 Å². The SMILES string of the molecule is NC(Cc1cccc(F)c1Br)c1ccnnc1. The number of hydrogen-bond acceptors (Lipinski definition) is 3. The van der Waals surface area contributed by atoms with Gasteiger partial charge in [-0.25, -0.2) is 4.39 Å². The zero-order valence-corrected chi connectivity index (χ0v) is 10.6. The lowest BCUT2D eigenvalue weighted by molar-refractivity contribution is 0.614. The molecule has 0 fully saturated rings. The molecule has 0 amide bonds. The second-order valence-corrected chi connectivity index (χ2v) is 4.49. The van der Waals surface area contributed by atoms with Gasteiger partial charge in [-0.15, -0.1) is 0 Å². The number of rotatable bonds is 3. The van der Waals surface area contributed by atoms with E-state index in [-0.39, 0.29) is 11.9 Å². The highest BCUT2D eigenvalue weighted by Gasteiger charge is 2.11. The van der Waals surface area contributed by atoms with Gasteiger partial charge in [-0.3, -0.25) is 0 Å². The monoisotopic (exact) mass is 295 g/mol. The second-order valence-electron chi connectivity index (χ2n) is 3.70. The summed E-state index contributed by atoms with van der Waals surface area (Å²) in [5.41, 5.74) is 7.76. The Labute approximate surface area is 107 Å². The van der Waals surface area contributed by atoms with Crippen molar-refractivity contribution in [3.63, 3.8) is 0 Å². The highest BCUT2D eigenvalue weighted by Crippen LogP contribution is 2.24. The van der Waals surface area contributed by atoms with Gasteiger partial charge in [0.1, 0.15) is 5.82 Å². The normalized spacial score (nSPS) is 12.4. The summed E-state index contributed by atoms with van der Waals surface area (Å²) in [7, 11) is 0. The molecular formula is C12H11BrFN3. The van der Waals surface area contributed by atoms with Crippen LogP contribution >= 0.6 is 15.9 Å². The molecule has 2 N–H and O–H groups in total. The molecule has 17 heavy (non-hydrogen) atoms. The van der Waals surface area contributed by atoms with Gasteiger partial charge in [0.05, 0.1) is 10.7 Å². The van der Waals surface area contributed by atoms with Gasteiger partial charge in [0.25, 0.3) is 0 Å². The van der Waals surface area contributed by atoms with Crippen molar-refractivity contribution >= 4 is 15.9 Å². The van der Waals surface area contributed by atoms with Crippen molar-refractivity contribution in [2.24, 2.45) is 5.73 Å². The van der Waals surface area contributed by atoms with Crippen LogP contribution in [0.2, 0.25) is 0 Å². The summed E-state index contributed by atoms with van der Waals surface area (Å²) in [6, 6.07) is 6.52. The molecule has 1 atom stereocenters. The van der Waals surface area contributed by atoms with Crippen LogP contribution in [0, 0.1) is 5.82 Å². The van der Waals surface area contributed by atoms with Crippen LogP contribution in [0.4, 0.5) is 4.39 Å². The first kappa shape index (κ1) is 12.1. The first-order valence-electron chi connectivity index (χ1n) is 5.13. The maximum atomic E-state index is 13.3. The Kier molecular flexibility index (Phi) is 3.81. The smallest absolute Gasteiger partial charge is 0.137 e. The third-order valence-electron chi connectivity index (χ3n) is 2.51. The zero-order chi connectivity index (χ0) is 12.3. The van der Waals surface area contributed by atoms with Crippen molar-refractivity contribution in [3.05, 3.63) is 58.1 Å². The summed E-state index contributed by atoms with van der Waals surface area (Å²) >= 11 is 3.22. The first-order valence-corrected chi connectivity index (χ1v) is 5.93. The Hall–Kier alpha value is -1.33. The third-order valence-corrected chi connectivity index (χ3v) is 3.39. The van der Waals surface area contributed by atoms with Crippen molar-refractivity contribution in [3.8, 4) is 0 Å². The Bertz CT molecular complexity index is 504. The minimum Gasteiger partial charge on any atom is -0.324 e. The van der Waals surface area contributed by atoms with E-state index < -0.39 is 0 Å². The third kappa shape index (κ3) is 2.87. The van der Waals surface area contributed by atoms with Gasteiger partial charge in [0, 0.05) is 12.2 Å². The Morgan fingerprint density at radius 3 is 2.82 bits per heavy atom.